The molecule has 0 saturated carbocycles. The van der Waals surface area contributed by atoms with Crippen LogP contribution in [0, 0.1) is 0 Å². The van der Waals surface area contributed by atoms with E-state index in [0.29, 0.717) is 77.6 Å². The maximum Gasteiger partial charge on any atom is 0.378 e. The number of alkyl halides is 9. The largest absolute Gasteiger partial charge is 0.493 e. The lowest BCUT2D eigenvalue weighted by Gasteiger charge is -2.18. The highest BCUT2D eigenvalue weighted by Gasteiger charge is 2.53. The fourth-order valence-corrected chi connectivity index (χ4v) is 7.60. The lowest BCUT2D eigenvalue weighted by molar-refractivity contribution is -0.0308. The Morgan fingerprint density at radius 2 is 0.652 bits per heavy atom. The van der Waals surface area contributed by atoms with Crippen LogP contribution in [0.3, 0.4) is 0 Å². The van der Waals surface area contributed by atoms with Crippen molar-refractivity contribution in [3.05, 3.63) is 83.4 Å². The molecule has 0 radical (unpaired) electrons. The monoisotopic (exact) mass is 1360 g/mol. The molecule has 3 aromatic rings. The summed E-state index contributed by atoms with van der Waals surface area (Å²) in [5.41, 5.74) is -0.231. The van der Waals surface area contributed by atoms with Gasteiger partial charge in [0.05, 0.1) is 96.0 Å². The number of sulfone groups is 3. The van der Waals surface area contributed by atoms with Crippen molar-refractivity contribution in [1.82, 2.24) is 0 Å². The van der Waals surface area contributed by atoms with Crippen molar-refractivity contribution in [2.24, 2.45) is 0 Å². The fraction of sp³-hybridized carbons (Fsp3) is 0.618. The second-order valence-electron chi connectivity index (χ2n) is 18.5. The topological polar surface area (TPSA) is 274 Å². The number of unbranched alkanes of at least 4 members (excludes halogenated alkanes) is 2. The maximum absolute atomic E-state index is 13.9. The van der Waals surface area contributed by atoms with Gasteiger partial charge in [-0.1, -0.05) is 44.9 Å². The highest BCUT2D eigenvalue weighted by atomic mass is 32.2. The number of carbonyl (C=O) groups excluding carboxylic acids is 3. The minimum atomic E-state index is -5.06. The quantitative estimate of drug-likeness (QED) is 0.0225. The Bertz CT molecular complexity index is 2810. The van der Waals surface area contributed by atoms with Crippen molar-refractivity contribution < 1.29 is 141 Å². The Labute approximate surface area is 511 Å². The van der Waals surface area contributed by atoms with E-state index in [1.807, 2.05) is 13.8 Å². The van der Waals surface area contributed by atoms with Gasteiger partial charge in [-0.3, -0.25) is 0 Å². The van der Waals surface area contributed by atoms with Crippen LogP contribution in [0.25, 0.3) is 0 Å². The highest BCUT2D eigenvalue weighted by molar-refractivity contribution is 7.92. The molecule has 0 aliphatic carbocycles. The average molecular weight is 1360 g/mol. The number of benzene rings is 3. The van der Waals surface area contributed by atoms with E-state index >= 15 is 0 Å². The molecule has 3 aromatic carbocycles. The molecule has 34 heteroatoms. The fourth-order valence-electron chi connectivity index (χ4n) is 6.01. The Morgan fingerprint density at radius 3 is 0.921 bits per heavy atom. The summed E-state index contributed by atoms with van der Waals surface area (Å²) in [6.07, 6.45) is -5.61. The Balaban J connectivity index is 0.000000716. The number of hydrogen-bond acceptors (Lipinski definition) is 22. The van der Waals surface area contributed by atoms with Crippen molar-refractivity contribution in [2.75, 3.05) is 145 Å². The zero-order valence-electron chi connectivity index (χ0n) is 50.0. The van der Waals surface area contributed by atoms with Crippen LogP contribution in [0.5, 0.6) is 23.0 Å². The summed E-state index contributed by atoms with van der Waals surface area (Å²) in [6, 6.07) is 15.5. The number of hydrogen-bond donors (Lipinski definition) is 0. The van der Waals surface area contributed by atoms with Gasteiger partial charge in [0, 0.05) is 45.1 Å². The molecule has 89 heavy (non-hydrogen) atoms. The first-order chi connectivity index (χ1) is 41.7. The summed E-state index contributed by atoms with van der Waals surface area (Å²) in [5.74, 6) is -2.36. The normalized spacial score (nSPS) is 13.1. The first kappa shape index (κ1) is 81.3. The average Bonchev–Trinajstić information content (AvgIpc) is 1.29. The van der Waals surface area contributed by atoms with E-state index in [0.717, 1.165) is 25.7 Å². The molecule has 0 heterocycles. The molecule has 510 valence electrons. The third kappa shape index (κ3) is 31.2. The van der Waals surface area contributed by atoms with Crippen LogP contribution < -0.4 is 18.9 Å². The SMILES string of the molecule is CCCCOc1cc(OCCCC)cc(C(=O)OCC(F)C(F)(F)S(C)(=O)=O)c1.COCCOCCOCCOc1cc(OCCOCCOCCOC)cc(C(=O)OCC(F)C(F)(F)S(C)(=O)=O)c1.CS(=O)(=O)C(F)(F)C(F)COC(=O)c1ccccc1. The van der Waals surface area contributed by atoms with Crippen molar-refractivity contribution in [2.45, 2.75) is 73.8 Å². The number of carbonyl (C=O) groups is 3. The molecule has 0 amide bonds. The molecule has 0 fully saturated rings. The van der Waals surface area contributed by atoms with E-state index in [1.54, 1.807) is 26.4 Å². The molecule has 22 nitrogen and oxygen atoms in total. The lowest BCUT2D eigenvalue weighted by Crippen LogP contribution is -2.41. The standard InChI is InChI=1S/C25H39F3O12S.C19H27F3O6S.C11H11F3O4S/c1-32-4-6-34-8-10-36-12-14-38-21-16-20(24(29)40-19-23(26)25(27,28)41(3,30)31)17-22(18-21)39-15-13-37-11-9-35-7-5-33-2;1-4-6-8-26-15-10-14(11-16(12-15)27-9-7-5-2)18(23)28-13-17(20)19(21,22)29(3,24)25;1-19(16,17)11(13,14)9(12)7-18-10(15)8-5-3-2-4-6-8/h16-18,23H,4-15,19H2,1-3H3;10-12,17H,4-9,13H2,1-3H3;2-6,9H,7H2,1H3. The zero-order valence-corrected chi connectivity index (χ0v) is 52.5. The molecule has 0 spiro atoms. The van der Waals surface area contributed by atoms with Crippen molar-refractivity contribution in [1.29, 1.82) is 0 Å². The van der Waals surface area contributed by atoms with E-state index in [1.165, 1.54) is 54.6 Å². The summed E-state index contributed by atoms with van der Waals surface area (Å²) < 4.78 is 253. The predicted octanol–water partition coefficient (Wildman–Crippen LogP) is 7.93. The third-order valence-electron chi connectivity index (χ3n) is 11.0. The Hall–Kier alpha value is -5.75. The summed E-state index contributed by atoms with van der Waals surface area (Å²) in [7, 11) is -11.8. The second-order valence-corrected chi connectivity index (χ2v) is 24.8. The molecule has 3 atom stereocenters. The van der Waals surface area contributed by atoms with Crippen molar-refractivity contribution in [3.63, 3.8) is 0 Å². The van der Waals surface area contributed by atoms with Crippen molar-refractivity contribution in [3.8, 4) is 23.0 Å². The summed E-state index contributed by atoms with van der Waals surface area (Å²) >= 11 is 0. The third-order valence-corrected chi connectivity index (χ3v) is 14.8. The summed E-state index contributed by atoms with van der Waals surface area (Å²) in [4.78, 5) is 36.0. The van der Waals surface area contributed by atoms with E-state index in [2.05, 4.69) is 14.2 Å². The van der Waals surface area contributed by atoms with Gasteiger partial charge < -0.3 is 61.6 Å². The molecular formula is C55H77F9O22S3. The van der Waals surface area contributed by atoms with Crippen LogP contribution in [0.2, 0.25) is 0 Å². The molecule has 0 aromatic heterocycles. The van der Waals surface area contributed by atoms with Gasteiger partial charge >= 0.3 is 33.7 Å². The first-order valence-corrected chi connectivity index (χ1v) is 32.7. The van der Waals surface area contributed by atoms with Gasteiger partial charge in [-0.05, 0) is 49.2 Å². The molecule has 3 rings (SSSR count). The second kappa shape index (κ2) is 41.6. The van der Waals surface area contributed by atoms with Crippen LogP contribution in [-0.2, 0) is 72.1 Å². The van der Waals surface area contributed by atoms with Gasteiger partial charge in [-0.15, -0.1) is 0 Å². The van der Waals surface area contributed by atoms with Crippen molar-refractivity contribution >= 4 is 47.4 Å². The van der Waals surface area contributed by atoms with Gasteiger partial charge in [0.1, 0.15) is 56.0 Å². The van der Waals surface area contributed by atoms with Gasteiger partial charge in [0.2, 0.25) is 48.0 Å². The molecule has 0 aliphatic rings. The molecule has 0 bridgehead atoms. The molecular weight excluding hydrogens is 1280 g/mol. The molecule has 0 N–H and O–H groups in total. The zero-order chi connectivity index (χ0) is 67.3. The van der Waals surface area contributed by atoms with E-state index in [-0.39, 0.29) is 73.4 Å². The highest BCUT2D eigenvalue weighted by Crippen LogP contribution is 2.32. The molecule has 0 saturated heterocycles. The van der Waals surface area contributed by atoms with Gasteiger partial charge in [0.15, 0.2) is 0 Å². The van der Waals surface area contributed by atoms with Crippen LogP contribution in [0.15, 0.2) is 66.7 Å². The lowest BCUT2D eigenvalue weighted by atomic mass is 10.2. The summed E-state index contributed by atoms with van der Waals surface area (Å²) in [5, 5.41) is -14.0. The minimum Gasteiger partial charge on any atom is -0.493 e. The van der Waals surface area contributed by atoms with Crippen LogP contribution in [-0.4, -0.2) is 223 Å². The minimum absolute atomic E-state index is 0.0531. The number of esters is 3. The number of rotatable bonds is 43. The smallest absolute Gasteiger partial charge is 0.378 e. The maximum atomic E-state index is 13.9. The number of halogens is 9. The summed E-state index contributed by atoms with van der Waals surface area (Å²) in [6.45, 7) is 4.20. The van der Waals surface area contributed by atoms with Gasteiger partial charge in [-0.2, -0.15) is 26.3 Å². The Morgan fingerprint density at radius 1 is 0.393 bits per heavy atom. The van der Waals surface area contributed by atoms with Gasteiger partial charge in [-0.25, -0.2) is 52.8 Å². The van der Waals surface area contributed by atoms with Crippen LogP contribution in [0.4, 0.5) is 39.5 Å². The predicted molar refractivity (Wildman–Crippen MR) is 303 cm³/mol. The number of ether oxygens (including phenoxy) is 13. The van der Waals surface area contributed by atoms with Gasteiger partial charge in [0.25, 0.3) is 0 Å². The van der Waals surface area contributed by atoms with E-state index in [4.69, 9.17) is 47.4 Å². The van der Waals surface area contributed by atoms with E-state index < -0.39 is 102 Å². The van der Waals surface area contributed by atoms with E-state index in [9.17, 15) is 79.2 Å². The molecule has 0 aliphatic heterocycles. The molecule has 3 unspecified atom stereocenters. The first-order valence-electron chi connectivity index (χ1n) is 27.0. The Kier molecular flexibility index (Phi) is 38.0. The number of methoxy groups -OCH3 is 2. The van der Waals surface area contributed by atoms with Crippen LogP contribution in [0.1, 0.15) is 70.6 Å². The van der Waals surface area contributed by atoms with Crippen LogP contribution >= 0.6 is 0 Å².